The summed E-state index contributed by atoms with van der Waals surface area (Å²) in [6.45, 7) is 0. The number of phenols is 1. The molecule has 0 aliphatic rings. The number of anilines is 1. The van der Waals surface area contributed by atoms with Crippen LogP contribution in [0.25, 0.3) is 0 Å². The molecule has 0 atom stereocenters. The fourth-order valence-corrected chi connectivity index (χ4v) is 2.68. The van der Waals surface area contributed by atoms with Crippen molar-refractivity contribution in [2.24, 2.45) is 5.10 Å². The summed E-state index contributed by atoms with van der Waals surface area (Å²) in [5.74, 6) is -0.249. The van der Waals surface area contributed by atoms with Gasteiger partial charge in [-0.25, -0.2) is 4.39 Å². The molecule has 0 aliphatic carbocycles. The second-order valence-electron chi connectivity index (χ2n) is 3.71. The van der Waals surface area contributed by atoms with E-state index >= 15 is 0 Å². The van der Waals surface area contributed by atoms with Crippen molar-refractivity contribution in [3.8, 4) is 5.75 Å². The van der Waals surface area contributed by atoms with Gasteiger partial charge < -0.3 is 5.11 Å². The van der Waals surface area contributed by atoms with Gasteiger partial charge in [0.2, 0.25) is 0 Å². The Morgan fingerprint density at radius 1 is 1.21 bits per heavy atom. The fourth-order valence-electron chi connectivity index (χ4n) is 1.42. The molecule has 0 amide bonds. The number of rotatable bonds is 3. The highest BCUT2D eigenvalue weighted by Crippen LogP contribution is 2.30. The second-order valence-corrected chi connectivity index (χ2v) is 5.48. The summed E-state index contributed by atoms with van der Waals surface area (Å²) in [5, 5.41) is 13.8. The Hall–Kier alpha value is -1.40. The number of nitrogens with zero attached hydrogens (tertiary/aromatic N) is 1. The summed E-state index contributed by atoms with van der Waals surface area (Å²) in [6.07, 6.45) is 1.45. The van der Waals surface area contributed by atoms with Crippen molar-refractivity contribution in [2.45, 2.75) is 0 Å². The summed E-state index contributed by atoms with van der Waals surface area (Å²) in [4.78, 5) is 0. The topological polar surface area (TPSA) is 44.6 Å². The molecule has 2 aromatic rings. The fraction of sp³-hybridized carbons (Fsp3) is 0. The molecule has 0 spiro atoms. The number of hydrogen-bond donors (Lipinski definition) is 2. The predicted octanol–water partition coefficient (Wildman–Crippen LogP) is 4.50. The van der Waals surface area contributed by atoms with Crippen LogP contribution < -0.4 is 5.43 Å². The third-order valence-corrected chi connectivity index (χ3v) is 3.34. The number of phenolic OH excluding ortho intramolecular Hbond substituents is 1. The monoisotopic (exact) mass is 386 g/mol. The van der Waals surface area contributed by atoms with Crippen molar-refractivity contribution in [1.82, 2.24) is 0 Å². The van der Waals surface area contributed by atoms with Gasteiger partial charge in [-0.1, -0.05) is 22.0 Å². The highest BCUT2D eigenvalue weighted by atomic mass is 79.9. The molecular weight excluding hydrogens is 379 g/mol. The van der Waals surface area contributed by atoms with Crippen LogP contribution in [0.1, 0.15) is 5.56 Å². The molecule has 3 nitrogen and oxygen atoms in total. The zero-order chi connectivity index (χ0) is 13.8. The lowest BCUT2D eigenvalue weighted by Crippen LogP contribution is -1.92. The molecule has 0 radical (unpaired) electrons. The molecule has 0 saturated carbocycles. The molecular formula is C13H9Br2FN2O. The number of nitrogens with one attached hydrogen (secondary N) is 1. The zero-order valence-corrected chi connectivity index (χ0v) is 12.7. The Kier molecular flexibility index (Phi) is 4.55. The molecule has 6 heteroatoms. The zero-order valence-electron chi connectivity index (χ0n) is 9.57. The molecule has 19 heavy (non-hydrogen) atoms. The first-order valence-electron chi connectivity index (χ1n) is 5.29. The molecule has 0 aliphatic heterocycles. The van der Waals surface area contributed by atoms with Crippen LogP contribution >= 0.6 is 31.9 Å². The Morgan fingerprint density at radius 2 is 2.00 bits per heavy atom. The highest BCUT2D eigenvalue weighted by Gasteiger charge is 2.05. The van der Waals surface area contributed by atoms with E-state index in [4.69, 9.17) is 0 Å². The van der Waals surface area contributed by atoms with Crippen molar-refractivity contribution in [2.75, 3.05) is 5.43 Å². The molecule has 0 heterocycles. The second kappa shape index (κ2) is 6.16. The predicted molar refractivity (Wildman–Crippen MR) is 81.1 cm³/mol. The maximum absolute atomic E-state index is 12.9. The molecule has 0 bridgehead atoms. The van der Waals surface area contributed by atoms with Gasteiger partial charge in [0.1, 0.15) is 11.6 Å². The molecule has 98 valence electrons. The minimum atomic E-state index is -0.340. The van der Waals surface area contributed by atoms with Crippen LogP contribution in [0.15, 0.2) is 50.4 Å². The minimum Gasteiger partial charge on any atom is -0.506 e. The Labute approximate surface area is 126 Å². The van der Waals surface area contributed by atoms with Gasteiger partial charge in [-0.15, -0.1) is 0 Å². The summed E-state index contributed by atoms with van der Waals surface area (Å²) in [7, 11) is 0. The van der Waals surface area contributed by atoms with E-state index in [0.717, 1.165) is 4.47 Å². The molecule has 2 N–H and O–H groups in total. The highest BCUT2D eigenvalue weighted by molar-refractivity contribution is 9.11. The summed E-state index contributed by atoms with van der Waals surface area (Å²) < 4.78 is 14.3. The van der Waals surface area contributed by atoms with Crippen LogP contribution in [0.5, 0.6) is 5.75 Å². The van der Waals surface area contributed by atoms with Crippen molar-refractivity contribution >= 4 is 43.8 Å². The van der Waals surface area contributed by atoms with Crippen LogP contribution in [0.3, 0.4) is 0 Å². The summed E-state index contributed by atoms with van der Waals surface area (Å²) >= 11 is 6.55. The standard InChI is InChI=1S/C13H9Br2FN2O/c14-9-4-8(13(19)12(15)5-9)7-17-18-11-3-1-2-10(16)6-11/h1-7,18-19H. The van der Waals surface area contributed by atoms with E-state index in [0.29, 0.717) is 15.7 Å². The van der Waals surface area contributed by atoms with Crippen molar-refractivity contribution in [3.05, 3.63) is 56.7 Å². The normalized spacial score (nSPS) is 10.9. The maximum atomic E-state index is 12.9. The van der Waals surface area contributed by atoms with E-state index in [1.54, 1.807) is 24.3 Å². The third kappa shape index (κ3) is 3.78. The first kappa shape index (κ1) is 14.0. The number of aromatic hydroxyl groups is 1. The lowest BCUT2D eigenvalue weighted by molar-refractivity contribution is 0.471. The quantitative estimate of drug-likeness (QED) is 0.601. The van der Waals surface area contributed by atoms with Crippen molar-refractivity contribution in [3.63, 3.8) is 0 Å². The van der Waals surface area contributed by atoms with E-state index in [9.17, 15) is 9.50 Å². The number of benzene rings is 2. The van der Waals surface area contributed by atoms with Crippen LogP contribution in [-0.2, 0) is 0 Å². The van der Waals surface area contributed by atoms with Crippen LogP contribution in [0.4, 0.5) is 10.1 Å². The van der Waals surface area contributed by atoms with Crippen molar-refractivity contribution in [1.29, 1.82) is 0 Å². The summed E-state index contributed by atoms with van der Waals surface area (Å²) in [6, 6.07) is 9.40. The van der Waals surface area contributed by atoms with Gasteiger partial charge in [0.15, 0.2) is 0 Å². The molecule has 0 unspecified atom stereocenters. The van der Waals surface area contributed by atoms with Gasteiger partial charge >= 0.3 is 0 Å². The maximum Gasteiger partial charge on any atom is 0.138 e. The van der Waals surface area contributed by atoms with Crippen LogP contribution in [0, 0.1) is 5.82 Å². The smallest absolute Gasteiger partial charge is 0.138 e. The largest absolute Gasteiger partial charge is 0.506 e. The van der Waals surface area contributed by atoms with E-state index < -0.39 is 0 Å². The average Bonchev–Trinajstić information content (AvgIpc) is 2.35. The van der Waals surface area contributed by atoms with Gasteiger partial charge in [0.05, 0.1) is 16.4 Å². The molecule has 2 rings (SSSR count). The third-order valence-electron chi connectivity index (χ3n) is 2.28. The first-order valence-corrected chi connectivity index (χ1v) is 6.87. The van der Waals surface area contributed by atoms with Gasteiger partial charge in [-0.05, 0) is 46.3 Å². The Balaban J connectivity index is 2.15. The Morgan fingerprint density at radius 3 is 2.74 bits per heavy atom. The van der Waals surface area contributed by atoms with Gasteiger partial charge in [0, 0.05) is 10.0 Å². The van der Waals surface area contributed by atoms with Crippen LogP contribution in [-0.4, -0.2) is 11.3 Å². The number of halogens is 3. The van der Waals surface area contributed by atoms with E-state index in [2.05, 4.69) is 42.4 Å². The molecule has 0 saturated heterocycles. The number of hydrogen-bond acceptors (Lipinski definition) is 3. The molecule has 2 aromatic carbocycles. The van der Waals surface area contributed by atoms with Gasteiger partial charge in [-0.2, -0.15) is 5.10 Å². The van der Waals surface area contributed by atoms with E-state index in [-0.39, 0.29) is 11.6 Å². The van der Waals surface area contributed by atoms with Gasteiger partial charge in [0.25, 0.3) is 0 Å². The lowest BCUT2D eigenvalue weighted by atomic mass is 10.2. The van der Waals surface area contributed by atoms with E-state index in [1.165, 1.54) is 18.3 Å². The lowest BCUT2D eigenvalue weighted by Gasteiger charge is -2.03. The van der Waals surface area contributed by atoms with Gasteiger partial charge in [-0.3, -0.25) is 5.43 Å². The SMILES string of the molecule is Oc1c(Br)cc(Br)cc1C=NNc1cccc(F)c1. The van der Waals surface area contributed by atoms with Crippen molar-refractivity contribution < 1.29 is 9.50 Å². The molecule has 0 fully saturated rings. The number of hydrazone groups is 1. The summed E-state index contributed by atoms with van der Waals surface area (Å²) in [5.41, 5.74) is 3.75. The van der Waals surface area contributed by atoms with Crippen LogP contribution in [0.2, 0.25) is 0 Å². The van der Waals surface area contributed by atoms with E-state index in [1.807, 2.05) is 0 Å². The average molecular weight is 388 g/mol. The molecule has 0 aromatic heterocycles. The Bertz CT molecular complexity index is 632. The first-order chi connectivity index (χ1) is 9.06. The minimum absolute atomic E-state index is 0.0907.